The molecule has 0 aliphatic carbocycles. The Balaban J connectivity index is 2.27. The molecule has 17 heavy (non-hydrogen) atoms. The maximum atomic E-state index is 11.3. The molecule has 0 aromatic heterocycles. The van der Waals surface area contributed by atoms with Gasteiger partial charge in [0.15, 0.2) is 9.84 Å². The molecule has 95 valence electrons. The Morgan fingerprint density at radius 1 is 1.12 bits per heavy atom. The second kappa shape index (κ2) is 7.09. The van der Waals surface area contributed by atoms with Crippen LogP contribution in [0.4, 0.5) is 5.69 Å². The molecule has 0 fully saturated rings. The van der Waals surface area contributed by atoms with Crippen LogP contribution in [0.5, 0.6) is 0 Å². The SMILES string of the molecule is O=S(=O)(CCCl)CCC[N]c1ccc(Cl)cc1. The van der Waals surface area contributed by atoms with Crippen molar-refractivity contribution in [3.05, 3.63) is 29.3 Å². The van der Waals surface area contributed by atoms with Crippen molar-refractivity contribution in [2.24, 2.45) is 0 Å². The van der Waals surface area contributed by atoms with Gasteiger partial charge in [-0.2, -0.15) is 0 Å². The molecule has 0 heterocycles. The fourth-order valence-electron chi connectivity index (χ4n) is 1.26. The van der Waals surface area contributed by atoms with Crippen molar-refractivity contribution >= 4 is 38.7 Å². The Hall–Kier alpha value is -0.450. The lowest BCUT2D eigenvalue weighted by Gasteiger charge is -2.04. The van der Waals surface area contributed by atoms with E-state index in [1.165, 1.54) is 0 Å². The van der Waals surface area contributed by atoms with Crippen molar-refractivity contribution in [3.8, 4) is 0 Å². The largest absolute Gasteiger partial charge is 0.285 e. The summed E-state index contributed by atoms with van der Waals surface area (Å²) in [6.45, 7) is 0.489. The van der Waals surface area contributed by atoms with Gasteiger partial charge in [-0.15, -0.1) is 11.6 Å². The van der Waals surface area contributed by atoms with E-state index in [1.807, 2.05) is 0 Å². The van der Waals surface area contributed by atoms with Gasteiger partial charge in [-0.05, 0) is 30.7 Å². The molecule has 0 saturated carbocycles. The summed E-state index contributed by atoms with van der Waals surface area (Å²) in [7, 11) is -3.01. The standard InChI is InChI=1S/C11H14Cl2NO2S/c12-6-9-17(15,16)8-1-7-14-11-4-2-10(13)3-5-11/h2-5H,1,6-9H2. The Morgan fingerprint density at radius 2 is 1.76 bits per heavy atom. The molecular formula is C11H14Cl2NO2S. The Bertz CT molecular complexity index is 431. The highest BCUT2D eigenvalue weighted by Crippen LogP contribution is 2.13. The summed E-state index contributed by atoms with van der Waals surface area (Å²) < 4.78 is 22.7. The number of sulfone groups is 1. The number of rotatable bonds is 7. The van der Waals surface area contributed by atoms with Gasteiger partial charge in [0, 0.05) is 17.4 Å². The molecule has 0 atom stereocenters. The van der Waals surface area contributed by atoms with Crippen LogP contribution >= 0.6 is 23.2 Å². The van der Waals surface area contributed by atoms with Crippen molar-refractivity contribution in [3.63, 3.8) is 0 Å². The van der Waals surface area contributed by atoms with Gasteiger partial charge in [-0.25, -0.2) is 8.42 Å². The second-order valence-electron chi connectivity index (χ2n) is 3.55. The van der Waals surface area contributed by atoms with E-state index in [4.69, 9.17) is 23.2 Å². The van der Waals surface area contributed by atoms with Gasteiger partial charge < -0.3 is 0 Å². The van der Waals surface area contributed by atoms with Crippen LogP contribution in [0.25, 0.3) is 0 Å². The van der Waals surface area contributed by atoms with Crippen LogP contribution in [0.3, 0.4) is 0 Å². The van der Waals surface area contributed by atoms with Crippen molar-refractivity contribution in [1.82, 2.24) is 5.32 Å². The fourth-order valence-corrected chi connectivity index (χ4v) is 3.10. The first kappa shape index (κ1) is 14.6. The maximum absolute atomic E-state index is 11.3. The molecule has 0 aliphatic rings. The average Bonchev–Trinajstić information content (AvgIpc) is 2.27. The van der Waals surface area contributed by atoms with Gasteiger partial charge in [0.2, 0.25) is 0 Å². The van der Waals surface area contributed by atoms with E-state index in [9.17, 15) is 8.42 Å². The first-order valence-corrected chi connectivity index (χ1v) is 7.96. The zero-order valence-electron chi connectivity index (χ0n) is 9.27. The average molecular weight is 295 g/mol. The third-order valence-electron chi connectivity index (χ3n) is 2.12. The molecule has 1 aromatic carbocycles. The van der Waals surface area contributed by atoms with Crippen LogP contribution in [-0.4, -0.2) is 32.3 Å². The molecule has 6 heteroatoms. The number of hydrogen-bond donors (Lipinski definition) is 0. The number of hydrogen-bond acceptors (Lipinski definition) is 2. The van der Waals surface area contributed by atoms with Crippen molar-refractivity contribution in [2.45, 2.75) is 6.42 Å². The highest BCUT2D eigenvalue weighted by atomic mass is 35.5. The number of benzene rings is 1. The molecule has 0 N–H and O–H groups in total. The Labute approximate surface area is 112 Å². The molecule has 0 spiro atoms. The van der Waals surface area contributed by atoms with E-state index in [2.05, 4.69) is 5.32 Å². The fraction of sp³-hybridized carbons (Fsp3) is 0.455. The number of halogens is 2. The lowest BCUT2D eigenvalue weighted by Crippen LogP contribution is -2.14. The summed E-state index contributed by atoms with van der Waals surface area (Å²) in [5.41, 5.74) is 0.809. The summed E-state index contributed by atoms with van der Waals surface area (Å²) in [5, 5.41) is 4.92. The van der Waals surface area contributed by atoms with Gasteiger partial charge in [0.05, 0.1) is 17.2 Å². The summed E-state index contributed by atoms with van der Waals surface area (Å²) in [6, 6.07) is 7.11. The van der Waals surface area contributed by atoms with E-state index in [0.29, 0.717) is 18.0 Å². The topological polar surface area (TPSA) is 48.2 Å². The lowest BCUT2D eigenvalue weighted by atomic mass is 10.3. The number of nitrogens with zero attached hydrogens (tertiary/aromatic N) is 1. The molecule has 0 aliphatic heterocycles. The van der Waals surface area contributed by atoms with Gasteiger partial charge in [-0.1, -0.05) is 11.6 Å². The molecule has 0 unspecified atom stereocenters. The lowest BCUT2D eigenvalue weighted by molar-refractivity contribution is 0.593. The van der Waals surface area contributed by atoms with Crippen LogP contribution in [0.15, 0.2) is 24.3 Å². The molecule has 0 saturated heterocycles. The van der Waals surface area contributed by atoms with Gasteiger partial charge in [0.1, 0.15) is 0 Å². The molecule has 0 bridgehead atoms. The highest BCUT2D eigenvalue weighted by molar-refractivity contribution is 7.91. The smallest absolute Gasteiger partial charge is 0.151 e. The quantitative estimate of drug-likeness (QED) is 0.573. The second-order valence-corrected chi connectivity index (χ2v) is 6.67. The van der Waals surface area contributed by atoms with Crippen LogP contribution in [0.2, 0.25) is 5.02 Å². The monoisotopic (exact) mass is 294 g/mol. The summed E-state index contributed by atoms with van der Waals surface area (Å²) in [5.74, 6) is 0.322. The Morgan fingerprint density at radius 3 is 2.35 bits per heavy atom. The first-order chi connectivity index (χ1) is 8.03. The van der Waals surface area contributed by atoms with E-state index in [-0.39, 0.29) is 17.4 Å². The zero-order chi connectivity index (χ0) is 12.7. The molecule has 0 amide bonds. The molecule has 1 rings (SSSR count). The Kier molecular flexibility index (Phi) is 6.09. The summed E-state index contributed by atoms with van der Waals surface area (Å²) in [4.78, 5) is 0. The van der Waals surface area contributed by atoms with Crippen LogP contribution < -0.4 is 5.32 Å². The van der Waals surface area contributed by atoms with Crippen LogP contribution in [0, 0.1) is 0 Å². The normalized spacial score (nSPS) is 11.4. The molecule has 1 aromatic rings. The van der Waals surface area contributed by atoms with Gasteiger partial charge >= 0.3 is 0 Å². The first-order valence-electron chi connectivity index (χ1n) is 5.23. The minimum absolute atomic E-state index is 0.0372. The minimum Gasteiger partial charge on any atom is -0.285 e. The van der Waals surface area contributed by atoms with Crippen molar-refractivity contribution < 1.29 is 8.42 Å². The number of alkyl halides is 1. The molecular weight excluding hydrogens is 281 g/mol. The van der Waals surface area contributed by atoms with Crippen LogP contribution in [-0.2, 0) is 9.84 Å². The van der Waals surface area contributed by atoms with Crippen molar-refractivity contribution in [1.29, 1.82) is 0 Å². The van der Waals surface area contributed by atoms with E-state index in [1.54, 1.807) is 24.3 Å². The summed E-state index contributed by atoms with van der Waals surface area (Å²) >= 11 is 11.1. The van der Waals surface area contributed by atoms with Gasteiger partial charge in [0.25, 0.3) is 0 Å². The van der Waals surface area contributed by atoms with E-state index < -0.39 is 9.84 Å². The van der Waals surface area contributed by atoms with E-state index >= 15 is 0 Å². The highest BCUT2D eigenvalue weighted by Gasteiger charge is 2.09. The maximum Gasteiger partial charge on any atom is 0.151 e. The minimum atomic E-state index is -3.01. The summed E-state index contributed by atoms with van der Waals surface area (Å²) in [6.07, 6.45) is 0.516. The predicted octanol–water partition coefficient (Wildman–Crippen LogP) is 2.62. The third kappa shape index (κ3) is 6.15. The van der Waals surface area contributed by atoms with Crippen molar-refractivity contribution in [2.75, 3.05) is 23.9 Å². The zero-order valence-corrected chi connectivity index (χ0v) is 11.6. The molecule has 3 nitrogen and oxygen atoms in total. The van der Waals surface area contributed by atoms with E-state index in [0.717, 1.165) is 5.69 Å². The predicted molar refractivity (Wildman–Crippen MR) is 72.1 cm³/mol. The van der Waals surface area contributed by atoms with Crippen LogP contribution in [0.1, 0.15) is 6.42 Å². The molecule has 1 radical (unpaired) electrons. The van der Waals surface area contributed by atoms with Gasteiger partial charge in [-0.3, -0.25) is 5.32 Å². The third-order valence-corrected chi connectivity index (χ3v) is 4.52.